The number of anilines is 1. The third-order valence-corrected chi connectivity index (χ3v) is 3.62. The summed E-state index contributed by atoms with van der Waals surface area (Å²) in [5, 5.41) is 6.19. The van der Waals surface area contributed by atoms with E-state index in [1.807, 2.05) is 39.0 Å². The highest BCUT2D eigenvalue weighted by Gasteiger charge is 2.24. The van der Waals surface area contributed by atoms with Gasteiger partial charge in [-0.1, -0.05) is 13.0 Å². The van der Waals surface area contributed by atoms with Crippen LogP contribution in [0.3, 0.4) is 0 Å². The minimum atomic E-state index is -0.482. The third-order valence-electron chi connectivity index (χ3n) is 3.62. The molecular formula is C18H28N2O3. The fourth-order valence-corrected chi connectivity index (χ4v) is 2.57. The summed E-state index contributed by atoms with van der Waals surface area (Å²) < 4.78 is 10.8. The van der Waals surface area contributed by atoms with E-state index in [1.54, 1.807) is 0 Å². The van der Waals surface area contributed by atoms with Crippen molar-refractivity contribution in [3.05, 3.63) is 24.3 Å². The van der Waals surface area contributed by atoms with E-state index < -0.39 is 11.7 Å². The van der Waals surface area contributed by atoms with Gasteiger partial charge in [-0.25, -0.2) is 4.79 Å². The highest BCUT2D eigenvalue weighted by molar-refractivity contribution is 5.67. The first-order valence-corrected chi connectivity index (χ1v) is 8.28. The summed E-state index contributed by atoms with van der Waals surface area (Å²) in [6, 6.07) is 8.52. The fraction of sp³-hybridized carbons (Fsp3) is 0.611. The Labute approximate surface area is 138 Å². The van der Waals surface area contributed by atoms with Crippen LogP contribution in [0.1, 0.15) is 40.5 Å². The van der Waals surface area contributed by atoms with Crippen molar-refractivity contribution < 1.29 is 14.3 Å². The molecule has 0 aliphatic heterocycles. The number of carbonyl (C=O) groups is 1. The summed E-state index contributed by atoms with van der Waals surface area (Å²) >= 11 is 0. The smallest absolute Gasteiger partial charge is 0.407 e. The zero-order chi connectivity index (χ0) is 16.9. The van der Waals surface area contributed by atoms with E-state index in [1.165, 1.54) is 12.8 Å². The summed E-state index contributed by atoms with van der Waals surface area (Å²) in [5.74, 6) is 1.62. The van der Waals surface area contributed by atoms with E-state index in [-0.39, 0.29) is 0 Å². The number of nitrogens with one attached hydrogen (secondary N) is 2. The van der Waals surface area contributed by atoms with Crippen LogP contribution in [0, 0.1) is 5.92 Å². The molecule has 0 bridgehead atoms. The van der Waals surface area contributed by atoms with E-state index in [2.05, 4.69) is 23.6 Å². The lowest BCUT2D eigenvalue weighted by Gasteiger charge is -2.34. The Hall–Kier alpha value is -1.91. The molecule has 0 spiro atoms. The average molecular weight is 320 g/mol. The SMILES string of the molecule is CC1CC(Nc2cccc(OCCNC(=O)OC(C)(C)C)c2)C1. The van der Waals surface area contributed by atoms with Gasteiger partial charge >= 0.3 is 6.09 Å². The fourth-order valence-electron chi connectivity index (χ4n) is 2.57. The van der Waals surface area contributed by atoms with Gasteiger partial charge in [0.25, 0.3) is 0 Å². The molecule has 1 saturated carbocycles. The molecule has 0 radical (unpaired) electrons. The lowest BCUT2D eigenvalue weighted by molar-refractivity contribution is 0.0520. The third kappa shape index (κ3) is 6.38. The Morgan fingerprint density at radius 2 is 2.04 bits per heavy atom. The Morgan fingerprint density at radius 3 is 2.70 bits per heavy atom. The molecule has 1 aliphatic carbocycles. The van der Waals surface area contributed by atoms with Crippen LogP contribution in [-0.4, -0.2) is 30.9 Å². The normalized spacial score (nSPS) is 20.3. The first kappa shape index (κ1) is 17.4. The van der Waals surface area contributed by atoms with Gasteiger partial charge in [0.1, 0.15) is 18.0 Å². The quantitative estimate of drug-likeness (QED) is 0.783. The van der Waals surface area contributed by atoms with Gasteiger partial charge in [-0.05, 0) is 51.7 Å². The molecular weight excluding hydrogens is 292 g/mol. The minimum Gasteiger partial charge on any atom is -0.492 e. The monoisotopic (exact) mass is 320 g/mol. The molecule has 5 heteroatoms. The molecule has 1 aromatic carbocycles. The number of hydrogen-bond donors (Lipinski definition) is 2. The van der Waals surface area contributed by atoms with Gasteiger partial charge in [0.15, 0.2) is 0 Å². The van der Waals surface area contributed by atoms with Gasteiger partial charge < -0.3 is 20.1 Å². The second-order valence-corrected chi connectivity index (χ2v) is 7.22. The van der Waals surface area contributed by atoms with Crippen molar-refractivity contribution >= 4 is 11.8 Å². The van der Waals surface area contributed by atoms with Gasteiger partial charge in [0.2, 0.25) is 0 Å². The maximum atomic E-state index is 11.5. The second kappa shape index (κ2) is 7.57. The van der Waals surface area contributed by atoms with Gasteiger partial charge in [-0.3, -0.25) is 0 Å². The van der Waals surface area contributed by atoms with E-state index >= 15 is 0 Å². The van der Waals surface area contributed by atoms with E-state index in [0.717, 1.165) is 17.4 Å². The number of rotatable bonds is 6. The Kier molecular flexibility index (Phi) is 5.74. The van der Waals surface area contributed by atoms with Crippen molar-refractivity contribution in [2.45, 2.75) is 52.2 Å². The van der Waals surface area contributed by atoms with Gasteiger partial charge in [-0.2, -0.15) is 0 Å². The van der Waals surface area contributed by atoms with Crippen LogP contribution in [0.25, 0.3) is 0 Å². The first-order chi connectivity index (χ1) is 10.8. The van der Waals surface area contributed by atoms with Crippen molar-refractivity contribution in [1.29, 1.82) is 0 Å². The topological polar surface area (TPSA) is 59.6 Å². The maximum Gasteiger partial charge on any atom is 0.407 e. The maximum absolute atomic E-state index is 11.5. The van der Waals surface area contributed by atoms with E-state index in [4.69, 9.17) is 9.47 Å². The molecule has 5 nitrogen and oxygen atoms in total. The molecule has 0 saturated heterocycles. The largest absolute Gasteiger partial charge is 0.492 e. The molecule has 1 amide bonds. The summed E-state index contributed by atoms with van der Waals surface area (Å²) in [6.07, 6.45) is 2.03. The molecule has 0 atom stereocenters. The predicted octanol–water partition coefficient (Wildman–Crippen LogP) is 3.80. The summed E-state index contributed by atoms with van der Waals surface area (Å²) in [6.45, 7) is 8.60. The molecule has 0 heterocycles. The van der Waals surface area contributed by atoms with Crippen LogP contribution in [-0.2, 0) is 4.74 Å². The summed E-state index contributed by atoms with van der Waals surface area (Å²) in [4.78, 5) is 11.5. The van der Waals surface area contributed by atoms with Crippen molar-refractivity contribution in [2.75, 3.05) is 18.5 Å². The van der Waals surface area contributed by atoms with Crippen LogP contribution in [0.5, 0.6) is 5.75 Å². The van der Waals surface area contributed by atoms with Crippen LogP contribution in [0.4, 0.5) is 10.5 Å². The molecule has 23 heavy (non-hydrogen) atoms. The Bertz CT molecular complexity index is 519. The second-order valence-electron chi connectivity index (χ2n) is 7.22. The van der Waals surface area contributed by atoms with E-state index in [0.29, 0.717) is 19.2 Å². The van der Waals surface area contributed by atoms with Gasteiger partial charge in [-0.15, -0.1) is 0 Å². The summed E-state index contributed by atoms with van der Waals surface area (Å²) in [5.41, 5.74) is 0.601. The van der Waals surface area contributed by atoms with E-state index in [9.17, 15) is 4.79 Å². The molecule has 1 aromatic rings. The number of alkyl carbamates (subject to hydrolysis) is 1. The lowest BCUT2D eigenvalue weighted by atomic mass is 9.82. The van der Waals surface area contributed by atoms with Crippen LogP contribution in [0.2, 0.25) is 0 Å². The number of hydrogen-bond acceptors (Lipinski definition) is 4. The highest BCUT2D eigenvalue weighted by Crippen LogP contribution is 2.30. The van der Waals surface area contributed by atoms with Crippen LogP contribution >= 0.6 is 0 Å². The van der Waals surface area contributed by atoms with Gasteiger partial charge in [0.05, 0.1) is 6.54 Å². The average Bonchev–Trinajstić information content (AvgIpc) is 2.40. The zero-order valence-corrected chi connectivity index (χ0v) is 14.5. The van der Waals surface area contributed by atoms with Gasteiger partial charge in [0, 0.05) is 17.8 Å². The molecule has 1 fully saturated rings. The van der Waals surface area contributed by atoms with Crippen LogP contribution in [0.15, 0.2) is 24.3 Å². The molecule has 0 unspecified atom stereocenters. The van der Waals surface area contributed by atoms with Crippen molar-refractivity contribution in [1.82, 2.24) is 5.32 Å². The summed E-state index contributed by atoms with van der Waals surface area (Å²) in [7, 11) is 0. The Balaban J connectivity index is 1.68. The molecule has 128 valence electrons. The lowest BCUT2D eigenvalue weighted by Crippen LogP contribution is -2.34. The number of benzene rings is 1. The molecule has 1 aliphatic rings. The molecule has 2 N–H and O–H groups in total. The number of amides is 1. The minimum absolute atomic E-state index is 0.406. The standard InChI is InChI=1S/C18H28N2O3/c1-13-10-15(11-13)20-14-6-5-7-16(12-14)22-9-8-19-17(21)23-18(2,3)4/h5-7,12-13,15,20H,8-11H2,1-4H3,(H,19,21). The Morgan fingerprint density at radius 1 is 1.30 bits per heavy atom. The molecule has 0 aromatic heterocycles. The first-order valence-electron chi connectivity index (χ1n) is 8.28. The molecule has 2 rings (SSSR count). The van der Waals surface area contributed by atoms with Crippen molar-refractivity contribution in [2.24, 2.45) is 5.92 Å². The zero-order valence-electron chi connectivity index (χ0n) is 14.5. The number of ether oxygens (including phenoxy) is 2. The van der Waals surface area contributed by atoms with Crippen LogP contribution < -0.4 is 15.4 Å². The van der Waals surface area contributed by atoms with Crippen molar-refractivity contribution in [3.63, 3.8) is 0 Å². The number of carbonyl (C=O) groups excluding carboxylic acids is 1. The predicted molar refractivity (Wildman–Crippen MR) is 92.0 cm³/mol. The van der Waals surface area contributed by atoms with Crippen molar-refractivity contribution in [3.8, 4) is 5.75 Å². The highest BCUT2D eigenvalue weighted by atomic mass is 16.6.